The van der Waals surface area contributed by atoms with E-state index in [2.05, 4.69) is 4.98 Å². The van der Waals surface area contributed by atoms with E-state index in [0.29, 0.717) is 17.4 Å². The second-order valence-corrected chi connectivity index (χ2v) is 15.3. The standard InChI is InChI=1S/C24H20Cl2F8N4O4S2/c1-10-4-21(27,28)7-38(10)18(39)15-16(43-17(36-15)19(40)37-5-20(6-37)8-44(35,42)9-20)11-2-3-12(14(26)13(11)25)22(41,23(29,30)31)24(32,33)34/h2-3,10,35,41H,4-9H2,1H3/t10-/m0/s1. The van der Waals surface area contributed by atoms with Crippen molar-refractivity contribution in [2.75, 3.05) is 31.1 Å². The average Bonchev–Trinajstić information content (AvgIpc) is 3.39. The van der Waals surface area contributed by atoms with Gasteiger partial charge in [0.05, 0.1) is 21.5 Å². The quantitative estimate of drug-likeness (QED) is 0.389. The molecule has 2 N–H and O–H groups in total. The molecule has 1 atom stereocenters. The van der Waals surface area contributed by atoms with E-state index in [4.69, 9.17) is 28.0 Å². The van der Waals surface area contributed by atoms with Gasteiger partial charge in [-0.25, -0.2) is 18.0 Å². The van der Waals surface area contributed by atoms with Crippen LogP contribution in [0.1, 0.15) is 39.2 Å². The number of thiazole rings is 1. The van der Waals surface area contributed by atoms with E-state index in [-0.39, 0.29) is 40.5 Å². The first-order chi connectivity index (χ1) is 19.9. The maximum atomic E-state index is 14.1. The first-order valence-corrected chi connectivity index (χ1v) is 16.0. The van der Waals surface area contributed by atoms with Crippen LogP contribution in [-0.2, 0) is 15.3 Å². The third-order valence-electron chi connectivity index (χ3n) is 7.76. The zero-order valence-corrected chi connectivity index (χ0v) is 25.2. The lowest BCUT2D eigenvalue weighted by Crippen LogP contribution is -2.69. The molecule has 3 fully saturated rings. The molecule has 0 bridgehead atoms. The molecule has 3 saturated heterocycles. The van der Waals surface area contributed by atoms with E-state index in [0.717, 1.165) is 4.90 Å². The van der Waals surface area contributed by atoms with E-state index < -0.39 is 96.7 Å². The molecule has 242 valence electrons. The van der Waals surface area contributed by atoms with Crippen LogP contribution in [0.2, 0.25) is 10.0 Å². The summed E-state index contributed by atoms with van der Waals surface area (Å²) in [6.45, 7) is 0.535. The summed E-state index contributed by atoms with van der Waals surface area (Å²) in [4.78, 5) is 32.5. The van der Waals surface area contributed by atoms with Crippen molar-refractivity contribution in [3.63, 3.8) is 0 Å². The lowest BCUT2D eigenvalue weighted by Gasteiger charge is -2.55. The van der Waals surface area contributed by atoms with Crippen molar-refractivity contribution in [3.8, 4) is 10.4 Å². The van der Waals surface area contributed by atoms with Gasteiger partial charge in [0.15, 0.2) is 5.01 Å². The van der Waals surface area contributed by atoms with Crippen molar-refractivity contribution in [1.29, 1.82) is 4.78 Å². The molecule has 1 spiro atoms. The number of benzene rings is 1. The van der Waals surface area contributed by atoms with E-state index >= 15 is 0 Å². The third-order valence-corrected chi connectivity index (χ3v) is 11.9. The molecule has 3 aliphatic heterocycles. The Bertz CT molecular complexity index is 1640. The molecule has 8 nitrogen and oxygen atoms in total. The number of likely N-dealkylation sites (tertiary alicyclic amines) is 2. The molecule has 20 heteroatoms. The highest BCUT2D eigenvalue weighted by Gasteiger charge is 2.72. The monoisotopic (exact) mass is 714 g/mol. The number of aliphatic hydroxyl groups is 1. The van der Waals surface area contributed by atoms with Crippen LogP contribution in [0.5, 0.6) is 0 Å². The number of nitrogens with zero attached hydrogens (tertiary/aromatic N) is 3. The smallest absolute Gasteiger partial charge is 0.369 e. The van der Waals surface area contributed by atoms with Crippen molar-refractivity contribution in [3.05, 3.63) is 38.4 Å². The van der Waals surface area contributed by atoms with Gasteiger partial charge in [-0.05, 0) is 6.92 Å². The molecule has 3 aliphatic rings. The number of hydrogen-bond donors (Lipinski definition) is 2. The van der Waals surface area contributed by atoms with Crippen LogP contribution in [-0.4, -0.2) is 91.4 Å². The summed E-state index contributed by atoms with van der Waals surface area (Å²) in [5, 5.41) is 7.14. The number of carbonyl (C=O) groups is 2. The van der Waals surface area contributed by atoms with Crippen molar-refractivity contribution >= 4 is 56.1 Å². The fraction of sp³-hybridized carbons (Fsp3) is 0.542. The van der Waals surface area contributed by atoms with Gasteiger partial charge >= 0.3 is 12.4 Å². The Balaban J connectivity index is 1.58. The highest BCUT2D eigenvalue weighted by atomic mass is 35.5. The third kappa shape index (κ3) is 5.23. The lowest BCUT2D eigenvalue weighted by atomic mass is 9.83. The minimum absolute atomic E-state index is 0.0837. The average molecular weight is 715 g/mol. The number of carbonyl (C=O) groups excluding carboxylic acids is 2. The first kappa shape index (κ1) is 33.1. The summed E-state index contributed by atoms with van der Waals surface area (Å²) >= 11 is 12.5. The number of hydrogen-bond acceptors (Lipinski definition) is 7. The van der Waals surface area contributed by atoms with Crippen molar-refractivity contribution < 1.29 is 54.0 Å². The van der Waals surface area contributed by atoms with E-state index in [9.17, 15) is 54.0 Å². The molecule has 0 aliphatic carbocycles. The van der Waals surface area contributed by atoms with Crippen LogP contribution in [0.3, 0.4) is 0 Å². The molecule has 1 aromatic carbocycles. The largest absolute Gasteiger partial charge is 0.430 e. The van der Waals surface area contributed by atoms with Gasteiger partial charge in [-0.3, -0.25) is 14.4 Å². The SMILES string of the molecule is C[C@H]1CC(F)(F)CN1C(=O)c1nc(C(=O)N2CC3(C2)CS(=N)(=O)C3)sc1-c1ccc(C(O)(C(F)(F)F)C(F)(F)F)c(Cl)c1Cl. The normalized spacial score (nSPS) is 22.6. The molecule has 0 radical (unpaired) electrons. The van der Waals surface area contributed by atoms with Gasteiger partial charge in [0.1, 0.15) is 5.69 Å². The van der Waals surface area contributed by atoms with Crippen LogP contribution < -0.4 is 0 Å². The zero-order chi connectivity index (χ0) is 33.0. The summed E-state index contributed by atoms with van der Waals surface area (Å²) < 4.78 is 129. The molecule has 0 saturated carbocycles. The summed E-state index contributed by atoms with van der Waals surface area (Å²) in [5.41, 5.74) is -8.86. The van der Waals surface area contributed by atoms with Gasteiger partial charge < -0.3 is 14.9 Å². The molecule has 1 aromatic heterocycles. The van der Waals surface area contributed by atoms with Gasteiger partial charge in [-0.15, -0.1) is 11.3 Å². The van der Waals surface area contributed by atoms with Gasteiger partial charge in [0.25, 0.3) is 23.3 Å². The fourth-order valence-electron chi connectivity index (χ4n) is 5.80. The van der Waals surface area contributed by atoms with Crippen LogP contribution in [0.4, 0.5) is 35.1 Å². The Kier molecular flexibility index (Phi) is 7.60. The number of rotatable bonds is 4. The molecule has 0 unspecified atom stereocenters. The maximum Gasteiger partial charge on any atom is 0.430 e. The molecule has 5 rings (SSSR count). The Morgan fingerprint density at radius 2 is 1.61 bits per heavy atom. The highest BCUT2D eigenvalue weighted by Crippen LogP contribution is 2.54. The van der Waals surface area contributed by atoms with Gasteiger partial charge in [0, 0.05) is 63.3 Å². The summed E-state index contributed by atoms with van der Waals surface area (Å²) in [5.74, 6) is -4.95. The second kappa shape index (κ2) is 10.1. The first-order valence-electron chi connectivity index (χ1n) is 12.5. The predicted molar refractivity (Wildman–Crippen MR) is 143 cm³/mol. The molecule has 44 heavy (non-hydrogen) atoms. The fourth-order valence-corrected chi connectivity index (χ4v) is 9.73. The summed E-state index contributed by atoms with van der Waals surface area (Å²) in [7, 11) is -2.73. The Labute approximate surface area is 257 Å². The van der Waals surface area contributed by atoms with E-state index in [1.54, 1.807) is 0 Å². The minimum atomic E-state index is -6.29. The summed E-state index contributed by atoms with van der Waals surface area (Å²) in [6.07, 6.45) is -13.3. The van der Waals surface area contributed by atoms with Crippen LogP contribution >= 0.6 is 34.5 Å². The van der Waals surface area contributed by atoms with E-state index in [1.165, 1.54) is 11.8 Å². The molecule has 2 amide bonds. The lowest BCUT2D eigenvalue weighted by molar-refractivity contribution is -0.376. The molecule has 4 heterocycles. The van der Waals surface area contributed by atoms with Crippen LogP contribution in [0, 0.1) is 10.2 Å². The molecular formula is C24H20Cl2F8N4O4S2. The summed E-state index contributed by atoms with van der Waals surface area (Å²) in [6, 6.07) is -0.180. The zero-order valence-electron chi connectivity index (χ0n) is 22.1. The Morgan fingerprint density at radius 3 is 2.09 bits per heavy atom. The number of nitrogens with one attached hydrogen (secondary N) is 1. The van der Waals surface area contributed by atoms with Gasteiger partial charge in [-0.2, -0.15) is 26.3 Å². The Morgan fingerprint density at radius 1 is 1.05 bits per heavy atom. The highest BCUT2D eigenvalue weighted by molar-refractivity contribution is 7.93. The number of halogens is 10. The van der Waals surface area contributed by atoms with Crippen molar-refractivity contribution in [1.82, 2.24) is 14.8 Å². The molecular weight excluding hydrogens is 695 g/mol. The topological polar surface area (TPSA) is 115 Å². The Hall–Kier alpha value is -2.28. The van der Waals surface area contributed by atoms with Crippen LogP contribution in [0.15, 0.2) is 12.1 Å². The number of aromatic nitrogens is 1. The van der Waals surface area contributed by atoms with E-state index in [1.807, 2.05) is 0 Å². The predicted octanol–water partition coefficient (Wildman–Crippen LogP) is 5.80. The van der Waals surface area contributed by atoms with Crippen molar-refractivity contribution in [2.24, 2.45) is 5.41 Å². The second-order valence-electron chi connectivity index (χ2n) is 11.3. The maximum absolute atomic E-state index is 14.1. The van der Waals surface area contributed by atoms with Crippen molar-refractivity contribution in [2.45, 2.75) is 43.3 Å². The van der Waals surface area contributed by atoms with Gasteiger partial charge in [-0.1, -0.05) is 35.3 Å². The van der Waals surface area contributed by atoms with Gasteiger partial charge in [0.2, 0.25) is 0 Å². The van der Waals surface area contributed by atoms with Crippen LogP contribution in [0.25, 0.3) is 10.4 Å². The molecule has 2 aromatic rings. The number of alkyl halides is 8. The minimum Gasteiger partial charge on any atom is -0.369 e. The number of amides is 2.